The first-order valence-electron chi connectivity index (χ1n) is 8.29. The molecule has 25 heavy (non-hydrogen) atoms. The fourth-order valence-corrected chi connectivity index (χ4v) is 4.93. The number of nitrogens with zero attached hydrogens (tertiary/aromatic N) is 1. The number of para-hydroxylation sites is 1. The molecule has 1 aromatic carbocycles. The Hall–Kier alpha value is -2.52. The normalized spacial score (nSPS) is 22.5. The highest BCUT2D eigenvalue weighted by atomic mass is 32.2. The summed E-state index contributed by atoms with van der Waals surface area (Å²) >= 11 is 1.55. The summed E-state index contributed by atoms with van der Waals surface area (Å²) in [6.07, 6.45) is 4.11. The van der Waals surface area contributed by atoms with E-state index in [0.717, 1.165) is 31.3 Å². The highest BCUT2D eigenvalue weighted by Gasteiger charge is 2.37. The van der Waals surface area contributed by atoms with Crippen molar-refractivity contribution in [2.45, 2.75) is 31.1 Å². The molecule has 1 aliphatic carbocycles. The molecule has 2 heterocycles. The van der Waals surface area contributed by atoms with Crippen LogP contribution in [0.4, 0.5) is 0 Å². The van der Waals surface area contributed by atoms with Crippen LogP contribution in [0, 0.1) is 17.2 Å². The first kappa shape index (κ1) is 16.0. The Kier molecular flexibility index (Phi) is 4.10. The molecule has 2 aromatic rings. The lowest BCUT2D eigenvalue weighted by atomic mass is 9.90. The Morgan fingerprint density at radius 2 is 2.08 bits per heavy atom. The van der Waals surface area contributed by atoms with Gasteiger partial charge in [0.15, 0.2) is 0 Å². The van der Waals surface area contributed by atoms with Crippen LogP contribution in [-0.2, 0) is 0 Å². The van der Waals surface area contributed by atoms with Gasteiger partial charge in [-0.05, 0) is 48.3 Å². The van der Waals surface area contributed by atoms with Gasteiger partial charge in [-0.15, -0.1) is 11.8 Å². The Labute approximate surface area is 148 Å². The SMILES string of the molecule is N#C[C@H]1C2=C(CCCC2)S[C@H]1NC(=O)c1cc2ccccc2oc1=O. The molecule has 126 valence electrons. The van der Waals surface area contributed by atoms with E-state index in [0.29, 0.717) is 11.0 Å². The number of hydrogen-bond acceptors (Lipinski definition) is 5. The largest absolute Gasteiger partial charge is 0.422 e. The summed E-state index contributed by atoms with van der Waals surface area (Å²) in [5.41, 5.74) is 0.923. The van der Waals surface area contributed by atoms with Crippen LogP contribution in [0.25, 0.3) is 11.0 Å². The van der Waals surface area contributed by atoms with Crippen molar-refractivity contribution in [2.24, 2.45) is 5.92 Å². The van der Waals surface area contributed by atoms with E-state index in [9.17, 15) is 14.9 Å². The Bertz CT molecular complexity index is 986. The van der Waals surface area contributed by atoms with Crippen molar-refractivity contribution in [1.82, 2.24) is 5.32 Å². The van der Waals surface area contributed by atoms with Crippen LogP contribution in [0.15, 0.2) is 50.0 Å². The Morgan fingerprint density at radius 1 is 1.28 bits per heavy atom. The Balaban J connectivity index is 1.60. The maximum absolute atomic E-state index is 12.6. The molecule has 1 aromatic heterocycles. The molecular weight excluding hydrogens is 336 g/mol. The van der Waals surface area contributed by atoms with Crippen molar-refractivity contribution in [3.8, 4) is 6.07 Å². The molecule has 0 fully saturated rings. The minimum atomic E-state index is -0.662. The van der Waals surface area contributed by atoms with Gasteiger partial charge in [0.25, 0.3) is 5.91 Å². The molecule has 2 atom stereocenters. The topological polar surface area (TPSA) is 83.1 Å². The van der Waals surface area contributed by atoms with Crippen molar-refractivity contribution in [2.75, 3.05) is 0 Å². The van der Waals surface area contributed by atoms with E-state index in [1.807, 2.05) is 6.07 Å². The van der Waals surface area contributed by atoms with Crippen LogP contribution < -0.4 is 10.9 Å². The first-order valence-corrected chi connectivity index (χ1v) is 9.17. The zero-order valence-corrected chi connectivity index (χ0v) is 14.3. The number of amides is 1. The molecule has 0 saturated heterocycles. The number of rotatable bonds is 2. The average Bonchev–Trinajstić information content (AvgIpc) is 2.97. The molecule has 4 rings (SSSR count). The fourth-order valence-electron chi connectivity index (χ4n) is 3.45. The van der Waals surface area contributed by atoms with Gasteiger partial charge in [-0.25, -0.2) is 4.79 Å². The standard InChI is InChI=1S/C19H16N2O3S/c20-10-14-12-6-2-4-8-16(12)25-18(14)21-17(22)13-9-11-5-1-3-7-15(11)24-19(13)23/h1,3,5,7,9,14,18H,2,4,6,8H2,(H,21,22)/t14-,18+/m0/s1. The highest BCUT2D eigenvalue weighted by Crippen LogP contribution is 2.47. The number of allylic oxidation sites excluding steroid dienone is 1. The third-order valence-corrected chi connectivity index (χ3v) is 6.10. The van der Waals surface area contributed by atoms with Gasteiger partial charge < -0.3 is 9.73 Å². The van der Waals surface area contributed by atoms with E-state index in [1.165, 1.54) is 4.91 Å². The minimum Gasteiger partial charge on any atom is -0.422 e. The number of nitriles is 1. The number of carbonyl (C=O) groups excluding carboxylic acids is 1. The molecule has 0 spiro atoms. The highest BCUT2D eigenvalue weighted by molar-refractivity contribution is 8.04. The third kappa shape index (κ3) is 2.85. The van der Waals surface area contributed by atoms with Crippen molar-refractivity contribution in [1.29, 1.82) is 5.26 Å². The van der Waals surface area contributed by atoms with Crippen LogP contribution >= 0.6 is 11.8 Å². The maximum Gasteiger partial charge on any atom is 0.349 e. The van der Waals surface area contributed by atoms with Crippen molar-refractivity contribution >= 4 is 28.6 Å². The number of fused-ring (bicyclic) bond motifs is 1. The molecule has 1 amide bonds. The number of nitrogens with one attached hydrogen (secondary N) is 1. The summed E-state index contributed by atoms with van der Waals surface area (Å²) in [5.74, 6) is -0.811. The maximum atomic E-state index is 12.6. The molecule has 0 unspecified atom stereocenters. The zero-order chi connectivity index (χ0) is 17.4. The van der Waals surface area contributed by atoms with Gasteiger partial charge in [0.05, 0.1) is 17.4 Å². The predicted octanol–water partition coefficient (Wildman–Crippen LogP) is 3.56. The molecule has 6 heteroatoms. The van der Waals surface area contributed by atoms with E-state index < -0.39 is 11.5 Å². The second-order valence-corrected chi connectivity index (χ2v) is 7.50. The van der Waals surface area contributed by atoms with E-state index in [2.05, 4.69) is 11.4 Å². The summed E-state index contributed by atoms with van der Waals surface area (Å²) < 4.78 is 5.23. The van der Waals surface area contributed by atoms with Gasteiger partial charge in [0, 0.05) is 5.39 Å². The van der Waals surface area contributed by atoms with Crippen LogP contribution in [0.2, 0.25) is 0 Å². The van der Waals surface area contributed by atoms with E-state index in [1.54, 1.807) is 36.0 Å². The monoisotopic (exact) mass is 352 g/mol. The zero-order valence-electron chi connectivity index (χ0n) is 13.5. The lowest BCUT2D eigenvalue weighted by molar-refractivity contribution is 0.0943. The number of hydrogen-bond donors (Lipinski definition) is 1. The van der Waals surface area contributed by atoms with Gasteiger partial charge in [0.1, 0.15) is 11.1 Å². The van der Waals surface area contributed by atoms with Gasteiger partial charge >= 0.3 is 5.63 Å². The summed E-state index contributed by atoms with van der Waals surface area (Å²) in [5, 5.41) is 12.7. The first-order chi connectivity index (χ1) is 12.2. The summed E-state index contributed by atoms with van der Waals surface area (Å²) in [6.45, 7) is 0. The van der Waals surface area contributed by atoms with Gasteiger partial charge in [-0.2, -0.15) is 5.26 Å². The average molecular weight is 352 g/mol. The number of benzene rings is 1. The van der Waals surface area contributed by atoms with Crippen molar-refractivity contribution in [3.63, 3.8) is 0 Å². The van der Waals surface area contributed by atoms with Crippen LogP contribution in [0.3, 0.4) is 0 Å². The van der Waals surface area contributed by atoms with Gasteiger partial charge in [0.2, 0.25) is 0 Å². The molecule has 1 aliphatic heterocycles. The lowest BCUT2D eigenvalue weighted by Gasteiger charge is -2.17. The second-order valence-electron chi connectivity index (χ2n) is 6.26. The third-order valence-electron chi connectivity index (χ3n) is 4.70. The second kappa shape index (κ2) is 6.41. The van der Waals surface area contributed by atoms with E-state index in [-0.39, 0.29) is 16.9 Å². The fraction of sp³-hybridized carbons (Fsp3) is 0.316. The minimum absolute atomic E-state index is 0.0270. The van der Waals surface area contributed by atoms with E-state index >= 15 is 0 Å². The van der Waals surface area contributed by atoms with Crippen LogP contribution in [0.1, 0.15) is 36.0 Å². The molecule has 0 radical (unpaired) electrons. The van der Waals surface area contributed by atoms with Crippen molar-refractivity contribution in [3.05, 3.63) is 56.8 Å². The molecule has 1 N–H and O–H groups in total. The molecule has 2 aliphatic rings. The van der Waals surface area contributed by atoms with Crippen LogP contribution in [0.5, 0.6) is 0 Å². The molecular formula is C19H16N2O3S. The number of thioether (sulfide) groups is 1. The van der Waals surface area contributed by atoms with Gasteiger partial charge in [-0.3, -0.25) is 4.79 Å². The molecule has 0 bridgehead atoms. The smallest absolute Gasteiger partial charge is 0.349 e. The van der Waals surface area contributed by atoms with Crippen molar-refractivity contribution < 1.29 is 9.21 Å². The van der Waals surface area contributed by atoms with Gasteiger partial charge in [-0.1, -0.05) is 18.2 Å². The van der Waals surface area contributed by atoms with Crippen LogP contribution in [-0.4, -0.2) is 11.3 Å². The molecule has 5 nitrogen and oxygen atoms in total. The predicted molar refractivity (Wildman–Crippen MR) is 95.9 cm³/mol. The summed E-state index contributed by atoms with van der Waals surface area (Å²) in [7, 11) is 0. The number of carbonyl (C=O) groups is 1. The summed E-state index contributed by atoms with van der Waals surface area (Å²) in [6, 6.07) is 10.9. The molecule has 0 saturated carbocycles. The summed E-state index contributed by atoms with van der Waals surface area (Å²) in [4.78, 5) is 26.0. The van der Waals surface area contributed by atoms with E-state index in [4.69, 9.17) is 4.42 Å². The Morgan fingerprint density at radius 3 is 2.92 bits per heavy atom. The lowest BCUT2D eigenvalue weighted by Crippen LogP contribution is -2.38. The quantitative estimate of drug-likeness (QED) is 0.836.